The number of halogens is 1. The Morgan fingerprint density at radius 2 is 1.96 bits per heavy atom. The molecule has 0 saturated carbocycles. The van der Waals surface area contributed by atoms with Gasteiger partial charge in [-0.15, -0.1) is 0 Å². The first kappa shape index (κ1) is 16.5. The zero-order chi connectivity index (χ0) is 17.1. The first-order valence-electron chi connectivity index (χ1n) is 7.75. The van der Waals surface area contributed by atoms with Crippen LogP contribution >= 0.6 is 15.9 Å². The van der Waals surface area contributed by atoms with E-state index in [0.29, 0.717) is 5.69 Å². The highest BCUT2D eigenvalue weighted by molar-refractivity contribution is 9.10. The Kier molecular flexibility index (Phi) is 4.85. The maximum absolute atomic E-state index is 12.8. The molecular formula is C18H18BrN3O2. The first-order valence-corrected chi connectivity index (χ1v) is 8.54. The molecule has 0 radical (unpaired) electrons. The largest absolute Gasteiger partial charge is 0.376 e. The van der Waals surface area contributed by atoms with Crippen molar-refractivity contribution in [1.29, 1.82) is 0 Å². The number of rotatable bonds is 3. The van der Waals surface area contributed by atoms with Crippen molar-refractivity contribution in [3.8, 4) is 0 Å². The van der Waals surface area contributed by atoms with Crippen LogP contribution in [0.1, 0.15) is 13.3 Å². The molecule has 1 aliphatic heterocycles. The van der Waals surface area contributed by atoms with E-state index in [1.165, 1.54) is 0 Å². The Balaban J connectivity index is 1.79. The van der Waals surface area contributed by atoms with Crippen molar-refractivity contribution in [2.75, 3.05) is 22.1 Å². The number of hydrogen-bond donors (Lipinski definition) is 2. The SMILES string of the molecule is C[C@@H]1CC(=O)Nc2ccccc2N1C(=O)CNc1ccc(Br)cc1. The van der Waals surface area contributed by atoms with Crippen molar-refractivity contribution >= 4 is 44.8 Å². The molecule has 0 bridgehead atoms. The van der Waals surface area contributed by atoms with Crippen LogP contribution in [0.2, 0.25) is 0 Å². The smallest absolute Gasteiger partial charge is 0.246 e. The van der Waals surface area contributed by atoms with E-state index >= 15 is 0 Å². The van der Waals surface area contributed by atoms with Crippen LogP contribution in [0.25, 0.3) is 0 Å². The molecule has 2 aromatic carbocycles. The zero-order valence-corrected chi connectivity index (χ0v) is 14.8. The highest BCUT2D eigenvalue weighted by atomic mass is 79.9. The normalized spacial score (nSPS) is 16.8. The van der Waals surface area contributed by atoms with E-state index in [0.717, 1.165) is 15.8 Å². The summed E-state index contributed by atoms with van der Waals surface area (Å²) in [5.74, 6) is -0.152. The van der Waals surface area contributed by atoms with Crippen LogP contribution in [0.4, 0.5) is 17.1 Å². The Labute approximate surface area is 149 Å². The van der Waals surface area contributed by atoms with Crippen LogP contribution < -0.4 is 15.5 Å². The second kappa shape index (κ2) is 7.05. The van der Waals surface area contributed by atoms with Crippen molar-refractivity contribution in [1.82, 2.24) is 0 Å². The van der Waals surface area contributed by atoms with Gasteiger partial charge in [0, 0.05) is 22.6 Å². The Morgan fingerprint density at radius 1 is 1.25 bits per heavy atom. The van der Waals surface area contributed by atoms with Gasteiger partial charge >= 0.3 is 0 Å². The fourth-order valence-corrected chi connectivity index (χ4v) is 3.06. The van der Waals surface area contributed by atoms with Crippen molar-refractivity contribution in [2.45, 2.75) is 19.4 Å². The van der Waals surface area contributed by atoms with E-state index in [-0.39, 0.29) is 30.8 Å². The first-order chi connectivity index (χ1) is 11.5. The molecule has 3 rings (SSSR count). The predicted octanol–water partition coefficient (Wildman–Crippen LogP) is 3.62. The molecule has 0 saturated heterocycles. The molecule has 0 spiro atoms. The summed E-state index contributed by atoms with van der Waals surface area (Å²) >= 11 is 3.39. The molecule has 24 heavy (non-hydrogen) atoms. The summed E-state index contributed by atoms with van der Waals surface area (Å²) in [6, 6.07) is 14.8. The van der Waals surface area contributed by atoms with Gasteiger partial charge in [0.1, 0.15) is 0 Å². The average Bonchev–Trinajstić information content (AvgIpc) is 2.68. The number of anilines is 3. The number of nitrogens with one attached hydrogen (secondary N) is 2. The average molecular weight is 388 g/mol. The summed E-state index contributed by atoms with van der Waals surface area (Å²) < 4.78 is 0.985. The number of benzene rings is 2. The lowest BCUT2D eigenvalue weighted by Gasteiger charge is -2.28. The van der Waals surface area contributed by atoms with Gasteiger partial charge in [-0.2, -0.15) is 0 Å². The Hall–Kier alpha value is -2.34. The van der Waals surface area contributed by atoms with Crippen LogP contribution in [0.15, 0.2) is 53.0 Å². The van der Waals surface area contributed by atoms with Gasteiger partial charge in [0.05, 0.1) is 17.9 Å². The van der Waals surface area contributed by atoms with Crippen molar-refractivity contribution in [3.05, 3.63) is 53.0 Å². The van der Waals surface area contributed by atoms with E-state index in [2.05, 4.69) is 26.6 Å². The summed E-state index contributed by atoms with van der Waals surface area (Å²) in [6.45, 7) is 2.05. The minimum absolute atomic E-state index is 0.0747. The molecule has 5 nitrogen and oxygen atoms in total. The molecule has 2 amide bonds. The summed E-state index contributed by atoms with van der Waals surface area (Å²) in [6.07, 6.45) is 0.276. The number of hydrogen-bond acceptors (Lipinski definition) is 3. The summed E-state index contributed by atoms with van der Waals surface area (Å²) in [5, 5.41) is 5.99. The van der Waals surface area contributed by atoms with Crippen LogP contribution in [-0.2, 0) is 9.59 Å². The topological polar surface area (TPSA) is 61.4 Å². The maximum Gasteiger partial charge on any atom is 0.246 e. The van der Waals surface area contributed by atoms with Crippen molar-refractivity contribution in [3.63, 3.8) is 0 Å². The molecule has 0 aromatic heterocycles. The van der Waals surface area contributed by atoms with Crippen LogP contribution in [0, 0.1) is 0 Å². The van der Waals surface area contributed by atoms with Gasteiger partial charge in [0.25, 0.3) is 0 Å². The lowest BCUT2D eigenvalue weighted by molar-refractivity contribution is -0.118. The van der Waals surface area contributed by atoms with E-state index in [4.69, 9.17) is 0 Å². The molecule has 1 aliphatic rings. The molecule has 1 atom stereocenters. The van der Waals surface area contributed by atoms with E-state index in [1.807, 2.05) is 55.5 Å². The van der Waals surface area contributed by atoms with Gasteiger partial charge in [-0.3, -0.25) is 9.59 Å². The number of nitrogens with zero attached hydrogens (tertiary/aromatic N) is 1. The molecule has 124 valence electrons. The molecule has 0 unspecified atom stereocenters. The van der Waals surface area contributed by atoms with Crippen LogP contribution in [0.5, 0.6) is 0 Å². The van der Waals surface area contributed by atoms with Crippen molar-refractivity contribution in [2.24, 2.45) is 0 Å². The minimum Gasteiger partial charge on any atom is -0.376 e. The van der Waals surface area contributed by atoms with Crippen molar-refractivity contribution < 1.29 is 9.59 Å². The van der Waals surface area contributed by atoms with Crippen LogP contribution in [0.3, 0.4) is 0 Å². The summed E-state index contributed by atoms with van der Waals surface area (Å²) in [4.78, 5) is 26.4. The molecule has 6 heteroatoms. The monoisotopic (exact) mass is 387 g/mol. The Bertz CT molecular complexity index is 761. The number of fused-ring (bicyclic) bond motifs is 1. The van der Waals surface area contributed by atoms with Gasteiger partial charge in [0.15, 0.2) is 0 Å². The zero-order valence-electron chi connectivity index (χ0n) is 13.3. The fraction of sp³-hybridized carbons (Fsp3) is 0.222. The second-order valence-electron chi connectivity index (χ2n) is 5.74. The van der Waals surface area contributed by atoms with E-state index < -0.39 is 0 Å². The third-order valence-corrected chi connectivity index (χ3v) is 4.44. The number of carbonyl (C=O) groups is 2. The van der Waals surface area contributed by atoms with Gasteiger partial charge < -0.3 is 15.5 Å². The third-order valence-electron chi connectivity index (χ3n) is 3.92. The predicted molar refractivity (Wildman–Crippen MR) is 99.3 cm³/mol. The molecule has 2 aromatic rings. The van der Waals surface area contributed by atoms with E-state index in [9.17, 15) is 9.59 Å². The standard InChI is InChI=1S/C18H18BrN3O2/c1-12-10-17(23)21-15-4-2-3-5-16(15)22(12)18(24)11-20-14-8-6-13(19)7-9-14/h2-9,12,20H,10-11H2,1H3,(H,21,23)/t12-/m1/s1. The highest BCUT2D eigenvalue weighted by Gasteiger charge is 2.29. The molecule has 2 N–H and O–H groups in total. The van der Waals surface area contributed by atoms with E-state index in [1.54, 1.807) is 4.90 Å². The highest BCUT2D eigenvalue weighted by Crippen LogP contribution is 2.31. The van der Waals surface area contributed by atoms with Gasteiger partial charge in [-0.1, -0.05) is 28.1 Å². The fourth-order valence-electron chi connectivity index (χ4n) is 2.80. The van der Waals surface area contributed by atoms with Crippen LogP contribution in [-0.4, -0.2) is 24.4 Å². The molecule has 0 aliphatic carbocycles. The maximum atomic E-state index is 12.8. The molecular weight excluding hydrogens is 370 g/mol. The second-order valence-corrected chi connectivity index (χ2v) is 6.66. The number of amides is 2. The quantitative estimate of drug-likeness (QED) is 0.844. The van der Waals surface area contributed by atoms with Gasteiger partial charge in [-0.25, -0.2) is 0 Å². The molecule has 0 fully saturated rings. The molecule has 1 heterocycles. The van der Waals surface area contributed by atoms with Gasteiger partial charge in [0.2, 0.25) is 11.8 Å². The summed E-state index contributed by atoms with van der Waals surface area (Å²) in [5.41, 5.74) is 2.28. The lowest BCUT2D eigenvalue weighted by atomic mass is 10.1. The number of para-hydroxylation sites is 2. The summed E-state index contributed by atoms with van der Waals surface area (Å²) in [7, 11) is 0. The minimum atomic E-state index is -0.201. The Morgan fingerprint density at radius 3 is 2.71 bits per heavy atom. The van der Waals surface area contributed by atoms with Gasteiger partial charge in [-0.05, 0) is 43.3 Å². The number of carbonyl (C=O) groups excluding carboxylic acids is 2. The third kappa shape index (κ3) is 3.59. The lowest BCUT2D eigenvalue weighted by Crippen LogP contribution is -2.42.